The first-order chi connectivity index (χ1) is 19.0. The zero-order valence-electron chi connectivity index (χ0n) is 22.1. The van der Waals surface area contributed by atoms with E-state index in [0.29, 0.717) is 34.1 Å². The highest BCUT2D eigenvalue weighted by molar-refractivity contribution is 6.30. The molecule has 1 atom stereocenters. The topological polar surface area (TPSA) is 112 Å². The number of nitrogens with zero attached hydrogens (tertiary/aromatic N) is 5. The van der Waals surface area contributed by atoms with Crippen LogP contribution < -0.4 is 5.76 Å². The van der Waals surface area contributed by atoms with Crippen LogP contribution in [0.3, 0.4) is 0 Å². The Labute approximate surface area is 231 Å². The molecule has 0 spiro atoms. The van der Waals surface area contributed by atoms with Gasteiger partial charge in [-0.25, -0.2) is 19.7 Å². The monoisotopic (exact) mass is 548 g/mol. The van der Waals surface area contributed by atoms with E-state index >= 15 is 0 Å². The molecule has 6 rings (SSSR count). The Kier molecular flexibility index (Phi) is 7.36. The van der Waals surface area contributed by atoms with E-state index in [-0.39, 0.29) is 17.6 Å². The van der Waals surface area contributed by atoms with Gasteiger partial charge in [0.15, 0.2) is 5.65 Å². The Hall–Kier alpha value is -3.30. The van der Waals surface area contributed by atoms with Gasteiger partial charge in [-0.15, -0.1) is 6.58 Å². The number of hydrogen-bond acceptors (Lipinski definition) is 7. The van der Waals surface area contributed by atoms with Crippen LogP contribution in [0, 0.1) is 17.8 Å². The zero-order chi connectivity index (χ0) is 26.9. The van der Waals surface area contributed by atoms with Crippen molar-refractivity contribution in [2.75, 3.05) is 13.2 Å². The van der Waals surface area contributed by atoms with Gasteiger partial charge < -0.3 is 9.30 Å². The lowest BCUT2D eigenvalue weighted by Crippen LogP contribution is -2.25. The number of benzene rings is 1. The summed E-state index contributed by atoms with van der Waals surface area (Å²) in [7, 11) is 0. The van der Waals surface area contributed by atoms with Gasteiger partial charge in [0.05, 0.1) is 0 Å². The van der Waals surface area contributed by atoms with E-state index in [2.05, 4.69) is 34.3 Å². The van der Waals surface area contributed by atoms with Crippen molar-refractivity contribution in [2.45, 2.75) is 57.9 Å². The number of aromatic amines is 1. The van der Waals surface area contributed by atoms with Crippen molar-refractivity contribution in [2.24, 2.45) is 17.8 Å². The molecule has 3 aromatic heterocycles. The van der Waals surface area contributed by atoms with Gasteiger partial charge in [0.2, 0.25) is 11.6 Å². The number of allylic oxidation sites excluding steroid dienone is 1. The first-order valence-corrected chi connectivity index (χ1v) is 14.2. The maximum Gasteiger partial charge on any atom is 0.439 e. The molecule has 1 aromatic carbocycles. The van der Waals surface area contributed by atoms with Crippen molar-refractivity contribution >= 4 is 22.8 Å². The molecule has 4 heterocycles. The summed E-state index contributed by atoms with van der Waals surface area (Å²) in [6.45, 7) is 8.68. The number of H-pyrrole nitrogens is 1. The molecule has 2 aliphatic rings. The average molecular weight is 549 g/mol. The molecule has 1 unspecified atom stereocenters. The number of halogens is 1. The second-order valence-corrected chi connectivity index (χ2v) is 11.3. The minimum atomic E-state index is -0.660. The normalized spacial score (nSPS) is 21.3. The Balaban J connectivity index is 1.53. The van der Waals surface area contributed by atoms with Crippen molar-refractivity contribution in [3.8, 4) is 22.9 Å². The molecule has 0 bridgehead atoms. The van der Waals surface area contributed by atoms with Gasteiger partial charge in [-0.1, -0.05) is 41.9 Å². The number of rotatable bonds is 7. The number of fused-ring (bicyclic) bond motifs is 1. The third-order valence-electron chi connectivity index (χ3n) is 8.43. The first-order valence-electron chi connectivity index (χ1n) is 13.8. The SMILES string of the molecule is C=CC1CCC(Cn2c(C(C)C3CCOCC3)nc3nc(-c4noc(=O)[nH]4)nc(-c4cccc(Cl)c4)c32)CC1. The van der Waals surface area contributed by atoms with Crippen LogP contribution >= 0.6 is 11.6 Å². The molecule has 1 N–H and O–H groups in total. The van der Waals surface area contributed by atoms with E-state index in [4.69, 9.17) is 35.8 Å². The summed E-state index contributed by atoms with van der Waals surface area (Å²) < 4.78 is 12.8. The van der Waals surface area contributed by atoms with Gasteiger partial charge in [0.25, 0.3) is 0 Å². The number of ether oxygens (including phenoxy) is 1. The fourth-order valence-corrected chi connectivity index (χ4v) is 6.34. The van der Waals surface area contributed by atoms with E-state index < -0.39 is 5.76 Å². The van der Waals surface area contributed by atoms with Crippen molar-refractivity contribution in [1.29, 1.82) is 0 Å². The van der Waals surface area contributed by atoms with E-state index in [0.717, 1.165) is 75.2 Å². The Morgan fingerprint density at radius 1 is 1.15 bits per heavy atom. The third kappa shape index (κ3) is 5.30. The average Bonchev–Trinajstić information content (AvgIpc) is 3.56. The highest BCUT2D eigenvalue weighted by Crippen LogP contribution is 2.38. The first kappa shape index (κ1) is 26.0. The smallest absolute Gasteiger partial charge is 0.381 e. The van der Waals surface area contributed by atoms with Gasteiger partial charge in [0.1, 0.15) is 17.0 Å². The molecule has 4 aromatic rings. The fraction of sp³-hybridized carbons (Fsp3) is 0.483. The minimum Gasteiger partial charge on any atom is -0.381 e. The lowest BCUT2D eigenvalue weighted by molar-refractivity contribution is 0.0583. The minimum absolute atomic E-state index is 0.168. The number of nitrogens with one attached hydrogen (secondary N) is 1. The summed E-state index contributed by atoms with van der Waals surface area (Å²) >= 11 is 6.43. The summed E-state index contributed by atoms with van der Waals surface area (Å²) in [6.07, 6.45) is 8.72. The summed E-state index contributed by atoms with van der Waals surface area (Å²) in [5, 5.41) is 4.45. The molecule has 1 saturated carbocycles. The van der Waals surface area contributed by atoms with Gasteiger partial charge >= 0.3 is 5.76 Å². The molecule has 9 nitrogen and oxygen atoms in total. The quantitative estimate of drug-likeness (QED) is 0.281. The molecule has 2 fully saturated rings. The Bertz CT molecular complexity index is 1530. The van der Waals surface area contributed by atoms with Crippen LogP contribution in [0.4, 0.5) is 0 Å². The number of aromatic nitrogens is 6. The third-order valence-corrected chi connectivity index (χ3v) is 8.66. The zero-order valence-corrected chi connectivity index (χ0v) is 22.9. The lowest BCUT2D eigenvalue weighted by Gasteiger charge is -2.30. The second kappa shape index (κ2) is 11.1. The van der Waals surface area contributed by atoms with E-state index in [1.165, 1.54) is 0 Å². The lowest BCUT2D eigenvalue weighted by atomic mass is 9.82. The Morgan fingerprint density at radius 3 is 2.64 bits per heavy atom. The van der Waals surface area contributed by atoms with Crippen molar-refractivity contribution in [1.82, 2.24) is 29.7 Å². The predicted octanol–water partition coefficient (Wildman–Crippen LogP) is 6.01. The number of imidazole rings is 1. The highest BCUT2D eigenvalue weighted by Gasteiger charge is 2.31. The van der Waals surface area contributed by atoms with Crippen LogP contribution in [0.25, 0.3) is 34.1 Å². The van der Waals surface area contributed by atoms with Gasteiger partial charge in [-0.3, -0.25) is 9.51 Å². The van der Waals surface area contributed by atoms with Crippen molar-refractivity contribution < 1.29 is 9.26 Å². The molecule has 204 valence electrons. The van der Waals surface area contributed by atoms with Crippen LogP contribution in [0.5, 0.6) is 0 Å². The molecule has 0 radical (unpaired) electrons. The molecule has 10 heteroatoms. The summed E-state index contributed by atoms with van der Waals surface area (Å²) in [5.74, 6) is 2.59. The summed E-state index contributed by atoms with van der Waals surface area (Å²) in [4.78, 5) is 29.1. The van der Waals surface area contributed by atoms with Crippen LogP contribution in [0.1, 0.15) is 57.2 Å². The van der Waals surface area contributed by atoms with Crippen LogP contribution in [0.15, 0.2) is 46.2 Å². The molecule has 1 aliphatic carbocycles. The largest absolute Gasteiger partial charge is 0.439 e. The van der Waals surface area contributed by atoms with E-state index in [1.807, 2.05) is 24.3 Å². The van der Waals surface area contributed by atoms with Crippen LogP contribution in [0.2, 0.25) is 5.02 Å². The van der Waals surface area contributed by atoms with Crippen molar-refractivity contribution in [3.63, 3.8) is 0 Å². The standard InChI is InChI=1S/C29H33ClN6O3/c1-3-18-7-9-19(10-8-18)16-36-24-23(21-5-4-6-22(30)15-21)31-26(27-34-29(37)39-35-27)32-25(24)33-28(36)17(2)20-11-13-38-14-12-20/h3-6,15,17-20H,1,7-14,16H2,2H3,(H,34,35,37). The van der Waals surface area contributed by atoms with E-state index in [1.54, 1.807) is 0 Å². The van der Waals surface area contributed by atoms with E-state index in [9.17, 15) is 4.79 Å². The molecule has 0 amide bonds. The van der Waals surface area contributed by atoms with Gasteiger partial charge in [-0.2, -0.15) is 0 Å². The van der Waals surface area contributed by atoms with Gasteiger partial charge in [0, 0.05) is 36.3 Å². The fourth-order valence-electron chi connectivity index (χ4n) is 6.15. The molecular weight excluding hydrogens is 516 g/mol. The van der Waals surface area contributed by atoms with Gasteiger partial charge in [-0.05, 0) is 68.4 Å². The second-order valence-electron chi connectivity index (χ2n) is 10.9. The van der Waals surface area contributed by atoms with Crippen molar-refractivity contribution in [3.05, 3.63) is 58.3 Å². The molecular formula is C29H33ClN6O3. The summed E-state index contributed by atoms with van der Waals surface area (Å²) in [6, 6.07) is 7.63. The van der Waals surface area contributed by atoms with Crippen LogP contribution in [-0.2, 0) is 11.3 Å². The predicted molar refractivity (Wildman–Crippen MR) is 149 cm³/mol. The maximum absolute atomic E-state index is 11.7. The summed E-state index contributed by atoms with van der Waals surface area (Å²) in [5.41, 5.74) is 3.02. The van der Waals surface area contributed by atoms with Crippen LogP contribution in [-0.4, -0.2) is 42.9 Å². The number of hydrogen-bond donors (Lipinski definition) is 1. The maximum atomic E-state index is 11.7. The molecule has 1 aliphatic heterocycles. The molecule has 39 heavy (non-hydrogen) atoms. The highest BCUT2D eigenvalue weighted by atomic mass is 35.5. The Morgan fingerprint density at radius 2 is 1.95 bits per heavy atom. The molecule has 1 saturated heterocycles.